The van der Waals surface area contributed by atoms with E-state index in [1.54, 1.807) is 0 Å². The van der Waals surface area contributed by atoms with Gasteiger partial charge in [-0.15, -0.1) is 0 Å². The van der Waals surface area contributed by atoms with Crippen molar-refractivity contribution in [3.05, 3.63) is 18.0 Å². The van der Waals surface area contributed by atoms with Crippen LogP contribution in [0.15, 0.2) is 12.4 Å². The number of aliphatic hydroxyl groups is 1. The number of alkyl halides is 3. The number of hydrogen-bond acceptors (Lipinski definition) is 3. The summed E-state index contributed by atoms with van der Waals surface area (Å²) in [5.41, 5.74) is 0.0484. The number of carbonyl (C=O) groups is 1. The molecule has 1 aromatic heterocycles. The van der Waals surface area contributed by atoms with Gasteiger partial charge in [-0.1, -0.05) is 0 Å². The summed E-state index contributed by atoms with van der Waals surface area (Å²) in [5.74, 6) is -0.304. The van der Waals surface area contributed by atoms with Gasteiger partial charge in [-0.25, -0.2) is 0 Å². The minimum absolute atomic E-state index is 0.0484. The number of nitrogens with one attached hydrogen (secondary N) is 1. The highest BCUT2D eigenvalue weighted by Crippen LogP contribution is 2.32. The van der Waals surface area contributed by atoms with E-state index in [1.807, 2.05) is 0 Å². The Bertz CT molecular complexity index is 454. The third-order valence-electron chi connectivity index (χ3n) is 2.87. The van der Waals surface area contributed by atoms with Gasteiger partial charge in [0, 0.05) is 12.7 Å². The first kappa shape index (κ1) is 13.9. The molecule has 1 aromatic rings. The monoisotopic (exact) mass is 277 g/mol. The van der Waals surface area contributed by atoms with Crippen molar-refractivity contribution < 1.29 is 23.1 Å². The van der Waals surface area contributed by atoms with Crippen molar-refractivity contribution in [3.63, 3.8) is 0 Å². The van der Waals surface area contributed by atoms with Crippen LogP contribution in [0, 0.1) is 5.92 Å². The van der Waals surface area contributed by atoms with Crippen LogP contribution in [0.2, 0.25) is 0 Å². The molecule has 5 nitrogen and oxygen atoms in total. The average Bonchev–Trinajstić information content (AvgIpc) is 3.05. The smallest absolute Gasteiger partial charge is 0.391 e. The SMILES string of the molecule is O=C(NCC(O)C1CC1)c1cnn(CC(F)(F)F)c1. The summed E-state index contributed by atoms with van der Waals surface area (Å²) >= 11 is 0. The Kier molecular flexibility index (Phi) is 3.79. The van der Waals surface area contributed by atoms with Gasteiger partial charge in [0.1, 0.15) is 6.54 Å². The van der Waals surface area contributed by atoms with Crippen molar-refractivity contribution in [2.45, 2.75) is 31.7 Å². The molecule has 0 radical (unpaired) electrons. The fraction of sp³-hybridized carbons (Fsp3) is 0.636. The molecule has 2 N–H and O–H groups in total. The Balaban J connectivity index is 1.85. The van der Waals surface area contributed by atoms with Crippen molar-refractivity contribution >= 4 is 5.91 Å². The summed E-state index contributed by atoms with van der Waals surface area (Å²) in [6.07, 6.45) is -0.964. The molecule has 1 heterocycles. The number of amides is 1. The molecule has 106 valence electrons. The van der Waals surface area contributed by atoms with E-state index in [4.69, 9.17) is 0 Å². The van der Waals surface area contributed by atoms with Crippen molar-refractivity contribution in [3.8, 4) is 0 Å². The Morgan fingerprint density at radius 1 is 1.58 bits per heavy atom. The number of rotatable bonds is 5. The van der Waals surface area contributed by atoms with E-state index in [2.05, 4.69) is 10.4 Å². The third kappa shape index (κ3) is 4.23. The predicted octanol–water partition coefficient (Wildman–Crippen LogP) is 0.946. The van der Waals surface area contributed by atoms with Crippen LogP contribution < -0.4 is 5.32 Å². The first-order valence-electron chi connectivity index (χ1n) is 5.90. The van der Waals surface area contributed by atoms with E-state index in [0.717, 1.165) is 25.2 Å². The molecule has 8 heteroatoms. The van der Waals surface area contributed by atoms with Crippen LogP contribution in [0.5, 0.6) is 0 Å². The molecule has 1 unspecified atom stereocenters. The molecular formula is C11H14F3N3O2. The highest BCUT2D eigenvalue weighted by atomic mass is 19.4. The van der Waals surface area contributed by atoms with E-state index in [0.29, 0.717) is 4.68 Å². The number of aliphatic hydroxyl groups excluding tert-OH is 1. The lowest BCUT2D eigenvalue weighted by atomic mass is 10.2. The minimum atomic E-state index is -4.37. The Hall–Kier alpha value is -1.57. The predicted molar refractivity (Wildman–Crippen MR) is 59.3 cm³/mol. The van der Waals surface area contributed by atoms with Gasteiger partial charge in [-0.2, -0.15) is 18.3 Å². The maximum atomic E-state index is 12.1. The van der Waals surface area contributed by atoms with Gasteiger partial charge in [0.2, 0.25) is 0 Å². The maximum absolute atomic E-state index is 12.1. The summed E-state index contributed by atoms with van der Waals surface area (Å²) in [5, 5.41) is 15.5. The van der Waals surface area contributed by atoms with E-state index in [-0.39, 0.29) is 18.0 Å². The fourth-order valence-electron chi connectivity index (χ4n) is 1.70. The minimum Gasteiger partial charge on any atom is -0.391 e. The summed E-state index contributed by atoms with van der Waals surface area (Å²) in [4.78, 5) is 11.6. The van der Waals surface area contributed by atoms with Crippen LogP contribution in [0.3, 0.4) is 0 Å². The molecule has 0 saturated heterocycles. The lowest BCUT2D eigenvalue weighted by Gasteiger charge is -2.09. The van der Waals surface area contributed by atoms with Crippen molar-refractivity contribution in [1.29, 1.82) is 0 Å². The first-order chi connectivity index (χ1) is 8.85. The van der Waals surface area contributed by atoms with Gasteiger partial charge in [0.05, 0.1) is 17.9 Å². The number of hydrogen-bond donors (Lipinski definition) is 2. The Morgan fingerprint density at radius 3 is 2.84 bits per heavy atom. The quantitative estimate of drug-likeness (QED) is 0.842. The highest BCUT2D eigenvalue weighted by Gasteiger charge is 2.30. The molecular weight excluding hydrogens is 263 g/mol. The Morgan fingerprint density at radius 2 is 2.26 bits per heavy atom. The molecule has 19 heavy (non-hydrogen) atoms. The lowest BCUT2D eigenvalue weighted by molar-refractivity contribution is -0.142. The number of halogens is 3. The second kappa shape index (κ2) is 5.20. The van der Waals surface area contributed by atoms with Crippen LogP contribution in [0.4, 0.5) is 13.2 Å². The maximum Gasteiger partial charge on any atom is 0.408 e. The zero-order valence-electron chi connectivity index (χ0n) is 10.0. The summed E-state index contributed by atoms with van der Waals surface area (Å²) in [6, 6.07) is 0. The molecule has 1 amide bonds. The number of carbonyl (C=O) groups excluding carboxylic acids is 1. The number of nitrogens with zero attached hydrogens (tertiary/aromatic N) is 2. The van der Waals surface area contributed by atoms with Gasteiger partial charge in [0.15, 0.2) is 0 Å². The van der Waals surface area contributed by atoms with Crippen LogP contribution in [0.1, 0.15) is 23.2 Å². The molecule has 1 saturated carbocycles. The van der Waals surface area contributed by atoms with Crippen LogP contribution in [0.25, 0.3) is 0 Å². The van der Waals surface area contributed by atoms with E-state index in [1.165, 1.54) is 0 Å². The summed E-state index contributed by atoms with van der Waals surface area (Å²) < 4.78 is 37.0. The summed E-state index contributed by atoms with van der Waals surface area (Å²) in [7, 11) is 0. The zero-order chi connectivity index (χ0) is 14.0. The van der Waals surface area contributed by atoms with Gasteiger partial charge in [-0.05, 0) is 18.8 Å². The zero-order valence-corrected chi connectivity index (χ0v) is 10.0. The summed E-state index contributed by atoms with van der Waals surface area (Å²) in [6.45, 7) is -1.13. The van der Waals surface area contributed by atoms with Gasteiger partial charge >= 0.3 is 6.18 Å². The largest absolute Gasteiger partial charge is 0.408 e. The molecule has 1 aliphatic carbocycles. The fourth-order valence-corrected chi connectivity index (χ4v) is 1.70. The molecule has 0 spiro atoms. The van der Waals surface area contributed by atoms with Gasteiger partial charge in [0.25, 0.3) is 5.91 Å². The average molecular weight is 277 g/mol. The molecule has 2 rings (SSSR count). The van der Waals surface area contributed by atoms with Gasteiger partial charge < -0.3 is 10.4 Å². The van der Waals surface area contributed by atoms with E-state index in [9.17, 15) is 23.1 Å². The number of aromatic nitrogens is 2. The topological polar surface area (TPSA) is 67.2 Å². The van der Waals surface area contributed by atoms with Crippen LogP contribution in [-0.2, 0) is 6.54 Å². The van der Waals surface area contributed by atoms with E-state index < -0.39 is 24.7 Å². The van der Waals surface area contributed by atoms with Gasteiger partial charge in [-0.3, -0.25) is 9.48 Å². The second-order valence-electron chi connectivity index (χ2n) is 4.66. The van der Waals surface area contributed by atoms with Crippen molar-refractivity contribution in [1.82, 2.24) is 15.1 Å². The molecule has 1 aliphatic rings. The first-order valence-corrected chi connectivity index (χ1v) is 5.90. The van der Waals surface area contributed by atoms with E-state index >= 15 is 0 Å². The van der Waals surface area contributed by atoms with Crippen molar-refractivity contribution in [2.24, 2.45) is 5.92 Å². The highest BCUT2D eigenvalue weighted by molar-refractivity contribution is 5.93. The molecule has 0 bridgehead atoms. The molecule has 0 aliphatic heterocycles. The Labute approximate surface area is 107 Å². The van der Waals surface area contributed by atoms with Crippen molar-refractivity contribution in [2.75, 3.05) is 6.54 Å². The third-order valence-corrected chi connectivity index (χ3v) is 2.87. The second-order valence-corrected chi connectivity index (χ2v) is 4.66. The lowest BCUT2D eigenvalue weighted by Crippen LogP contribution is -2.33. The van der Waals surface area contributed by atoms with Crippen LogP contribution >= 0.6 is 0 Å². The normalized spacial score (nSPS) is 17.3. The molecule has 1 fully saturated rings. The molecule has 1 atom stereocenters. The van der Waals surface area contributed by atoms with Crippen LogP contribution in [-0.4, -0.2) is 39.6 Å². The molecule has 0 aromatic carbocycles. The standard InChI is InChI=1S/C11H14F3N3O2/c12-11(13,14)6-17-5-8(3-16-17)10(19)15-4-9(18)7-1-2-7/h3,5,7,9,18H,1-2,4,6H2,(H,15,19).